The van der Waals surface area contributed by atoms with E-state index in [2.05, 4.69) is 22.1 Å². The number of nitrogens with zero attached hydrogens (tertiary/aromatic N) is 3. The van der Waals surface area contributed by atoms with Crippen molar-refractivity contribution >= 4 is 15.9 Å². The normalized spacial score (nSPS) is 24.5. The molecular weight excluding hydrogens is 406 g/mol. The highest BCUT2D eigenvalue weighted by Gasteiger charge is 2.55. The lowest BCUT2D eigenvalue weighted by Gasteiger charge is -2.27. The summed E-state index contributed by atoms with van der Waals surface area (Å²) in [7, 11) is -3.95. The zero-order chi connectivity index (χ0) is 21.5. The summed E-state index contributed by atoms with van der Waals surface area (Å²) in [4.78, 5) is 18.2. The van der Waals surface area contributed by atoms with Gasteiger partial charge in [-0.1, -0.05) is 12.1 Å². The van der Waals surface area contributed by atoms with Gasteiger partial charge in [0.15, 0.2) is 0 Å². The second-order valence-electron chi connectivity index (χ2n) is 8.35. The molecule has 1 aromatic heterocycles. The fourth-order valence-electron chi connectivity index (χ4n) is 4.57. The molecule has 30 heavy (non-hydrogen) atoms. The zero-order valence-electron chi connectivity index (χ0n) is 16.8. The number of piperidine rings is 1. The maximum atomic E-state index is 12.0. The molecule has 10 heteroatoms. The van der Waals surface area contributed by atoms with Gasteiger partial charge in [0.05, 0.1) is 5.69 Å². The minimum absolute atomic E-state index is 0.210. The number of fused-ring (bicyclic) bond motifs is 1. The van der Waals surface area contributed by atoms with E-state index in [1.165, 1.54) is 10.1 Å². The van der Waals surface area contributed by atoms with Crippen LogP contribution in [0.1, 0.15) is 12.5 Å². The number of nitrogens with two attached hydrogens (primary N) is 1. The molecule has 1 aromatic carbocycles. The van der Waals surface area contributed by atoms with Crippen LogP contribution in [0.5, 0.6) is 0 Å². The number of likely N-dealkylation sites (tertiary alicyclic amines) is 1. The molecule has 0 amide bonds. The van der Waals surface area contributed by atoms with Crippen LogP contribution in [0.4, 0.5) is 5.82 Å². The molecule has 4 N–H and O–H groups in total. The van der Waals surface area contributed by atoms with Crippen LogP contribution in [-0.2, 0) is 16.5 Å². The summed E-state index contributed by atoms with van der Waals surface area (Å²) < 4.78 is 31.8. The Balaban J connectivity index is 1.27. The van der Waals surface area contributed by atoms with Crippen LogP contribution in [0.25, 0.3) is 5.69 Å². The molecule has 2 fully saturated rings. The first-order valence-electron chi connectivity index (χ1n) is 10.1. The summed E-state index contributed by atoms with van der Waals surface area (Å²) >= 11 is 0. The SMILES string of the molecule is CC(Cc1ccc(-n2ccc(N)nc2=O)cc1)N1C[C@@H]2C(CNCS(=O)(=O)O)[C@@H]2C1. The number of aromatic nitrogens is 2. The van der Waals surface area contributed by atoms with Gasteiger partial charge in [0.1, 0.15) is 11.7 Å². The molecule has 162 valence electrons. The van der Waals surface area contributed by atoms with Crippen molar-refractivity contribution in [3.05, 3.63) is 52.6 Å². The third kappa shape index (κ3) is 4.72. The van der Waals surface area contributed by atoms with Crippen molar-refractivity contribution in [1.29, 1.82) is 0 Å². The number of anilines is 1. The Kier molecular flexibility index (Phi) is 5.67. The molecule has 0 bridgehead atoms. The molecular formula is C20H27N5O4S. The van der Waals surface area contributed by atoms with Crippen LogP contribution in [0, 0.1) is 17.8 Å². The van der Waals surface area contributed by atoms with Crippen molar-refractivity contribution in [2.45, 2.75) is 19.4 Å². The van der Waals surface area contributed by atoms with Crippen LogP contribution in [0.3, 0.4) is 0 Å². The average Bonchev–Trinajstić information content (AvgIpc) is 3.11. The Hall–Kier alpha value is -2.27. The number of benzene rings is 1. The Morgan fingerprint density at radius 2 is 1.90 bits per heavy atom. The zero-order valence-corrected chi connectivity index (χ0v) is 17.6. The molecule has 9 nitrogen and oxygen atoms in total. The van der Waals surface area contributed by atoms with E-state index in [-0.39, 0.29) is 11.7 Å². The summed E-state index contributed by atoms with van der Waals surface area (Å²) in [6, 6.07) is 9.90. The molecule has 2 heterocycles. The van der Waals surface area contributed by atoms with E-state index in [1.807, 2.05) is 24.3 Å². The molecule has 0 spiro atoms. The lowest BCUT2D eigenvalue weighted by Crippen LogP contribution is -2.36. The first kappa shape index (κ1) is 21.0. The molecule has 1 aliphatic heterocycles. The summed E-state index contributed by atoms with van der Waals surface area (Å²) in [6.07, 6.45) is 2.54. The third-order valence-electron chi connectivity index (χ3n) is 6.26. The van der Waals surface area contributed by atoms with Crippen molar-refractivity contribution < 1.29 is 13.0 Å². The highest BCUT2D eigenvalue weighted by Crippen LogP contribution is 2.51. The fraction of sp³-hybridized carbons (Fsp3) is 0.500. The standard InChI is InChI=1S/C20H27N5O4S/c1-13(24-10-17-16(18(17)11-24)9-22-12-30(27,28)29)8-14-2-4-15(5-3-14)25-7-6-19(21)23-20(25)26/h2-7,13,16-18,22H,8-12H2,1H3,(H2,21,23,26)(H,27,28,29)/t13?,16?,17-,18+. The van der Waals surface area contributed by atoms with E-state index >= 15 is 0 Å². The van der Waals surface area contributed by atoms with Gasteiger partial charge < -0.3 is 11.1 Å². The van der Waals surface area contributed by atoms with Gasteiger partial charge in [-0.2, -0.15) is 13.4 Å². The van der Waals surface area contributed by atoms with Crippen molar-refractivity contribution in [2.75, 3.05) is 31.2 Å². The van der Waals surface area contributed by atoms with E-state index in [0.29, 0.717) is 30.3 Å². The van der Waals surface area contributed by atoms with Crippen LogP contribution >= 0.6 is 0 Å². The van der Waals surface area contributed by atoms with Gasteiger partial charge in [0, 0.05) is 25.3 Å². The number of hydrogen-bond donors (Lipinski definition) is 3. The highest BCUT2D eigenvalue weighted by molar-refractivity contribution is 7.85. The molecule has 1 saturated heterocycles. The second-order valence-corrected chi connectivity index (χ2v) is 9.80. The van der Waals surface area contributed by atoms with Crippen molar-refractivity contribution in [2.24, 2.45) is 17.8 Å². The number of nitrogen functional groups attached to an aromatic ring is 1. The van der Waals surface area contributed by atoms with E-state index in [9.17, 15) is 13.2 Å². The van der Waals surface area contributed by atoms with E-state index in [4.69, 9.17) is 10.3 Å². The largest absolute Gasteiger partial charge is 0.383 e. The molecule has 4 atom stereocenters. The molecule has 0 radical (unpaired) electrons. The van der Waals surface area contributed by atoms with Crippen molar-refractivity contribution in [3.8, 4) is 5.69 Å². The lowest BCUT2D eigenvalue weighted by atomic mass is 10.0. The Bertz CT molecular complexity index is 1060. The maximum absolute atomic E-state index is 12.0. The topological polar surface area (TPSA) is 131 Å². The van der Waals surface area contributed by atoms with Crippen molar-refractivity contribution in [1.82, 2.24) is 19.8 Å². The summed E-state index contributed by atoms with van der Waals surface area (Å²) in [6.45, 7) is 4.90. The predicted molar refractivity (Wildman–Crippen MR) is 114 cm³/mol. The number of rotatable bonds is 8. The Labute approximate surface area is 175 Å². The smallest absolute Gasteiger partial charge is 0.354 e. The van der Waals surface area contributed by atoms with Crippen molar-refractivity contribution in [3.63, 3.8) is 0 Å². The summed E-state index contributed by atoms with van der Waals surface area (Å²) in [5.74, 6) is 1.54. The van der Waals surface area contributed by atoms with Gasteiger partial charge in [-0.05, 0) is 61.4 Å². The van der Waals surface area contributed by atoms with E-state index < -0.39 is 15.8 Å². The van der Waals surface area contributed by atoms with Crippen LogP contribution in [0.15, 0.2) is 41.3 Å². The second kappa shape index (κ2) is 8.10. The van der Waals surface area contributed by atoms with Crippen LogP contribution in [0.2, 0.25) is 0 Å². The molecule has 2 aromatic rings. The first-order valence-corrected chi connectivity index (χ1v) is 11.7. The van der Waals surface area contributed by atoms with Gasteiger partial charge >= 0.3 is 5.69 Å². The van der Waals surface area contributed by atoms with Crippen LogP contribution in [-0.4, -0.2) is 59.0 Å². The van der Waals surface area contributed by atoms with E-state index in [1.54, 1.807) is 12.3 Å². The lowest BCUT2D eigenvalue weighted by molar-refractivity contribution is 0.218. The number of nitrogens with one attached hydrogen (secondary N) is 1. The molecule has 1 saturated carbocycles. The average molecular weight is 434 g/mol. The fourth-order valence-corrected chi connectivity index (χ4v) is 4.95. The van der Waals surface area contributed by atoms with Gasteiger partial charge in [0.25, 0.3) is 10.1 Å². The monoisotopic (exact) mass is 433 g/mol. The minimum atomic E-state index is -3.95. The minimum Gasteiger partial charge on any atom is -0.383 e. The van der Waals surface area contributed by atoms with Gasteiger partial charge in [-0.3, -0.25) is 14.0 Å². The maximum Gasteiger partial charge on any atom is 0.354 e. The Morgan fingerprint density at radius 1 is 1.23 bits per heavy atom. The highest BCUT2D eigenvalue weighted by atomic mass is 32.2. The molecule has 2 aliphatic rings. The molecule has 2 unspecified atom stereocenters. The van der Waals surface area contributed by atoms with Gasteiger partial charge in [-0.25, -0.2) is 4.79 Å². The Morgan fingerprint density at radius 3 is 2.50 bits per heavy atom. The predicted octanol–water partition coefficient (Wildman–Crippen LogP) is 0.358. The summed E-state index contributed by atoms with van der Waals surface area (Å²) in [5.41, 5.74) is 7.10. The van der Waals surface area contributed by atoms with E-state index in [0.717, 1.165) is 25.2 Å². The van der Waals surface area contributed by atoms with Gasteiger partial charge in [-0.15, -0.1) is 0 Å². The quantitative estimate of drug-likeness (QED) is 0.509. The van der Waals surface area contributed by atoms with Crippen LogP contribution < -0.4 is 16.7 Å². The summed E-state index contributed by atoms with van der Waals surface area (Å²) in [5, 5.41) is 2.83. The third-order valence-corrected chi connectivity index (χ3v) is 6.83. The van der Waals surface area contributed by atoms with Gasteiger partial charge in [0.2, 0.25) is 0 Å². The molecule has 4 rings (SSSR count). The number of hydrogen-bond acceptors (Lipinski definition) is 7. The molecule has 1 aliphatic carbocycles. The first-order chi connectivity index (χ1) is 14.2.